The minimum atomic E-state index is 0. The van der Waals surface area contributed by atoms with E-state index in [1.54, 1.807) is 0 Å². The van der Waals surface area contributed by atoms with Gasteiger partial charge in [-0.05, 0) is 50.5 Å². The van der Waals surface area contributed by atoms with Crippen LogP contribution in [-0.4, -0.2) is 43.1 Å². The molecule has 2 rings (SSSR count). The second kappa shape index (κ2) is 9.01. The van der Waals surface area contributed by atoms with E-state index in [9.17, 15) is 4.79 Å². The quantitative estimate of drug-likeness (QED) is 0.846. The number of amides is 1. The number of aryl methyl sites for hydroxylation is 2. The highest BCUT2D eigenvalue weighted by Gasteiger charge is 2.19. The number of rotatable bonds is 5. The van der Waals surface area contributed by atoms with E-state index in [4.69, 9.17) is 4.74 Å². The number of carbonyl (C=O) groups is 1. The zero-order valence-corrected chi connectivity index (χ0v) is 14.5. The smallest absolute Gasteiger partial charge is 0.222 e. The summed E-state index contributed by atoms with van der Waals surface area (Å²) in [7, 11) is 0. The average Bonchev–Trinajstić information content (AvgIpc) is 2.47. The molecule has 1 aliphatic heterocycles. The van der Waals surface area contributed by atoms with Crippen LogP contribution >= 0.6 is 12.4 Å². The largest absolute Gasteiger partial charge is 0.494 e. The molecule has 1 aliphatic rings. The lowest BCUT2D eigenvalue weighted by Crippen LogP contribution is -2.51. The fraction of sp³-hybridized carbons (Fsp3) is 0.588. The summed E-state index contributed by atoms with van der Waals surface area (Å²) in [5, 5.41) is 3.35. The Labute approximate surface area is 139 Å². The number of hydrogen-bond acceptors (Lipinski definition) is 3. The molecule has 1 fully saturated rings. The highest BCUT2D eigenvalue weighted by Crippen LogP contribution is 2.16. The zero-order valence-electron chi connectivity index (χ0n) is 13.7. The summed E-state index contributed by atoms with van der Waals surface area (Å²) >= 11 is 0. The monoisotopic (exact) mass is 326 g/mol. The van der Waals surface area contributed by atoms with Crippen molar-refractivity contribution < 1.29 is 9.53 Å². The van der Waals surface area contributed by atoms with Gasteiger partial charge in [0.1, 0.15) is 5.75 Å². The predicted octanol–water partition coefficient (Wildman–Crippen LogP) is 2.70. The van der Waals surface area contributed by atoms with Gasteiger partial charge < -0.3 is 15.0 Å². The molecule has 4 nitrogen and oxygen atoms in total. The van der Waals surface area contributed by atoms with Crippen LogP contribution in [0.2, 0.25) is 0 Å². The Balaban J connectivity index is 0.00000242. The molecule has 1 aromatic carbocycles. The maximum absolute atomic E-state index is 12.1. The van der Waals surface area contributed by atoms with Crippen molar-refractivity contribution in [3.63, 3.8) is 0 Å². The maximum atomic E-state index is 12.1. The van der Waals surface area contributed by atoms with Gasteiger partial charge in [0.15, 0.2) is 0 Å². The Morgan fingerprint density at radius 2 is 2.14 bits per heavy atom. The molecular formula is C17H27ClN2O2. The van der Waals surface area contributed by atoms with Gasteiger partial charge in [-0.25, -0.2) is 0 Å². The normalized spacial score (nSPS) is 17.8. The molecule has 0 saturated carbocycles. The van der Waals surface area contributed by atoms with Crippen molar-refractivity contribution in [2.24, 2.45) is 0 Å². The fourth-order valence-electron chi connectivity index (χ4n) is 2.53. The first-order valence-corrected chi connectivity index (χ1v) is 7.77. The van der Waals surface area contributed by atoms with Gasteiger partial charge in [0.05, 0.1) is 6.61 Å². The molecule has 0 radical (unpaired) electrons. The van der Waals surface area contributed by atoms with Crippen LogP contribution in [0.3, 0.4) is 0 Å². The highest BCUT2D eigenvalue weighted by molar-refractivity contribution is 5.85. The number of piperazine rings is 1. The van der Waals surface area contributed by atoms with Gasteiger partial charge in [-0.3, -0.25) is 4.79 Å². The first kappa shape index (κ1) is 18.8. The number of hydrogen-bond donors (Lipinski definition) is 1. The standard InChI is InChI=1S/C17H26N2O2.ClH/c1-13-6-7-16(11-14(13)2)21-10-4-5-17(20)19-9-8-18-15(3)12-19;/h6-7,11,15,18H,4-5,8-10,12H2,1-3H3;1H. The average molecular weight is 327 g/mol. The second-order valence-corrected chi connectivity index (χ2v) is 5.89. The van der Waals surface area contributed by atoms with Crippen molar-refractivity contribution in [3.8, 4) is 5.75 Å². The van der Waals surface area contributed by atoms with Gasteiger partial charge in [-0.15, -0.1) is 12.4 Å². The Morgan fingerprint density at radius 3 is 2.82 bits per heavy atom. The molecule has 1 saturated heterocycles. The van der Waals surface area contributed by atoms with Crippen LogP contribution in [0.4, 0.5) is 0 Å². The van der Waals surface area contributed by atoms with Gasteiger partial charge in [0.2, 0.25) is 5.91 Å². The SMILES string of the molecule is Cc1ccc(OCCCC(=O)N2CCNC(C)C2)cc1C.Cl. The molecule has 1 heterocycles. The van der Waals surface area contributed by atoms with Crippen LogP contribution < -0.4 is 10.1 Å². The maximum Gasteiger partial charge on any atom is 0.222 e. The molecule has 5 heteroatoms. The molecule has 124 valence electrons. The molecule has 0 spiro atoms. The predicted molar refractivity (Wildman–Crippen MR) is 91.9 cm³/mol. The lowest BCUT2D eigenvalue weighted by atomic mass is 10.1. The molecule has 1 amide bonds. The van der Waals surface area contributed by atoms with Gasteiger partial charge in [0.25, 0.3) is 0 Å². The summed E-state index contributed by atoms with van der Waals surface area (Å²) in [6.07, 6.45) is 1.33. The van der Waals surface area contributed by atoms with Crippen LogP contribution in [0.15, 0.2) is 18.2 Å². The van der Waals surface area contributed by atoms with E-state index < -0.39 is 0 Å². The van der Waals surface area contributed by atoms with Crippen molar-refractivity contribution >= 4 is 18.3 Å². The topological polar surface area (TPSA) is 41.6 Å². The zero-order chi connectivity index (χ0) is 15.2. The first-order chi connectivity index (χ1) is 10.1. The first-order valence-electron chi connectivity index (χ1n) is 7.77. The third-order valence-corrected chi connectivity index (χ3v) is 4.00. The Hall–Kier alpha value is -1.26. The molecule has 1 atom stereocenters. The Morgan fingerprint density at radius 1 is 1.36 bits per heavy atom. The minimum absolute atomic E-state index is 0. The number of benzene rings is 1. The summed E-state index contributed by atoms with van der Waals surface area (Å²) in [5.41, 5.74) is 2.50. The van der Waals surface area contributed by atoms with Gasteiger partial charge in [-0.1, -0.05) is 6.07 Å². The third-order valence-electron chi connectivity index (χ3n) is 4.00. The second-order valence-electron chi connectivity index (χ2n) is 5.89. The van der Waals surface area contributed by atoms with Crippen molar-refractivity contribution in [2.45, 2.75) is 39.7 Å². The molecule has 0 aromatic heterocycles. The third kappa shape index (κ3) is 5.50. The van der Waals surface area contributed by atoms with Crippen LogP contribution in [0.25, 0.3) is 0 Å². The van der Waals surface area contributed by atoms with Crippen molar-refractivity contribution in [1.29, 1.82) is 0 Å². The number of halogens is 1. The van der Waals surface area contributed by atoms with E-state index in [0.29, 0.717) is 19.1 Å². The lowest BCUT2D eigenvalue weighted by molar-refractivity contribution is -0.132. The van der Waals surface area contributed by atoms with Crippen molar-refractivity contribution in [1.82, 2.24) is 10.2 Å². The summed E-state index contributed by atoms with van der Waals surface area (Å²) < 4.78 is 5.72. The molecule has 0 bridgehead atoms. The molecule has 22 heavy (non-hydrogen) atoms. The molecule has 0 aliphatic carbocycles. The van der Waals surface area contributed by atoms with Crippen LogP contribution in [0.5, 0.6) is 5.75 Å². The molecule has 1 N–H and O–H groups in total. The number of nitrogens with one attached hydrogen (secondary N) is 1. The van der Waals surface area contributed by atoms with E-state index in [1.165, 1.54) is 11.1 Å². The van der Waals surface area contributed by atoms with Gasteiger partial charge in [-0.2, -0.15) is 0 Å². The number of nitrogens with zero attached hydrogens (tertiary/aromatic N) is 1. The number of carbonyl (C=O) groups excluding carboxylic acids is 1. The van der Waals surface area contributed by atoms with Gasteiger partial charge in [0, 0.05) is 32.1 Å². The summed E-state index contributed by atoms with van der Waals surface area (Å²) in [6, 6.07) is 6.50. The molecule has 1 aromatic rings. The highest BCUT2D eigenvalue weighted by atomic mass is 35.5. The lowest BCUT2D eigenvalue weighted by Gasteiger charge is -2.32. The summed E-state index contributed by atoms with van der Waals surface area (Å²) in [4.78, 5) is 14.1. The van der Waals surface area contributed by atoms with E-state index in [-0.39, 0.29) is 18.3 Å². The van der Waals surface area contributed by atoms with Crippen LogP contribution in [0, 0.1) is 13.8 Å². The Kier molecular flexibility index (Phi) is 7.69. The van der Waals surface area contributed by atoms with E-state index >= 15 is 0 Å². The Bertz CT molecular complexity index is 494. The van der Waals surface area contributed by atoms with Crippen LogP contribution in [0.1, 0.15) is 30.9 Å². The minimum Gasteiger partial charge on any atom is -0.494 e. The fourth-order valence-corrected chi connectivity index (χ4v) is 2.53. The van der Waals surface area contributed by atoms with Crippen LogP contribution in [-0.2, 0) is 4.79 Å². The summed E-state index contributed by atoms with van der Waals surface area (Å²) in [6.45, 7) is 9.41. The van der Waals surface area contributed by atoms with E-state index in [0.717, 1.165) is 31.8 Å². The molecular weight excluding hydrogens is 300 g/mol. The van der Waals surface area contributed by atoms with E-state index in [2.05, 4.69) is 38.2 Å². The van der Waals surface area contributed by atoms with E-state index in [1.807, 2.05) is 11.0 Å². The van der Waals surface area contributed by atoms with Crippen molar-refractivity contribution in [3.05, 3.63) is 29.3 Å². The summed E-state index contributed by atoms with van der Waals surface area (Å²) in [5.74, 6) is 1.13. The van der Waals surface area contributed by atoms with Crippen molar-refractivity contribution in [2.75, 3.05) is 26.2 Å². The van der Waals surface area contributed by atoms with Gasteiger partial charge >= 0.3 is 0 Å². The number of ether oxygens (including phenoxy) is 1. The molecule has 1 unspecified atom stereocenters.